The first-order valence-corrected chi connectivity index (χ1v) is 6.02. The molecule has 1 N–H and O–H groups in total. The summed E-state index contributed by atoms with van der Waals surface area (Å²) in [6.07, 6.45) is 3.22. The van der Waals surface area contributed by atoms with Gasteiger partial charge in [0, 0.05) is 25.8 Å². The van der Waals surface area contributed by atoms with Gasteiger partial charge in [-0.25, -0.2) is 0 Å². The number of aryl methyl sites for hydroxylation is 2. The van der Waals surface area contributed by atoms with Crippen LogP contribution in [0.5, 0.6) is 0 Å². The highest BCUT2D eigenvalue weighted by molar-refractivity contribution is 5.11. The molecule has 1 aliphatic heterocycles. The number of rotatable bonds is 4. The van der Waals surface area contributed by atoms with Crippen molar-refractivity contribution in [2.24, 2.45) is 7.05 Å². The molecule has 0 aromatic carbocycles. The molecule has 1 aromatic rings. The minimum Gasteiger partial charge on any atom is -0.390 e. The molecule has 0 bridgehead atoms. The summed E-state index contributed by atoms with van der Waals surface area (Å²) in [6, 6.07) is 2.07. The van der Waals surface area contributed by atoms with Crippen LogP contribution in [0.4, 0.5) is 0 Å². The molecule has 0 spiro atoms. The van der Waals surface area contributed by atoms with Crippen LogP contribution in [0.15, 0.2) is 6.07 Å². The number of hydrogen-bond donors (Lipinski definition) is 1. The molecule has 2 atom stereocenters. The molecule has 16 heavy (non-hydrogen) atoms. The Bertz CT molecular complexity index is 343. The predicted octanol–water partition coefficient (Wildman–Crippen LogP) is 1.06. The molecule has 4 heteroatoms. The highest BCUT2D eigenvalue weighted by Crippen LogP contribution is 2.18. The summed E-state index contributed by atoms with van der Waals surface area (Å²) >= 11 is 0. The van der Waals surface area contributed by atoms with Crippen LogP contribution in [-0.4, -0.2) is 33.7 Å². The lowest BCUT2D eigenvalue weighted by atomic mass is 10.1. The van der Waals surface area contributed by atoms with Gasteiger partial charge < -0.3 is 9.84 Å². The molecule has 90 valence electrons. The van der Waals surface area contributed by atoms with Gasteiger partial charge in [-0.15, -0.1) is 0 Å². The third-order valence-corrected chi connectivity index (χ3v) is 3.20. The Hall–Kier alpha value is -0.870. The fourth-order valence-corrected chi connectivity index (χ4v) is 2.19. The number of aliphatic hydroxyl groups is 1. The van der Waals surface area contributed by atoms with E-state index in [4.69, 9.17) is 4.74 Å². The molecule has 1 aliphatic rings. The van der Waals surface area contributed by atoms with Gasteiger partial charge in [-0.1, -0.05) is 6.92 Å². The average molecular weight is 224 g/mol. The summed E-state index contributed by atoms with van der Waals surface area (Å²) in [5.41, 5.74) is 2.16. The van der Waals surface area contributed by atoms with Crippen molar-refractivity contribution in [3.63, 3.8) is 0 Å². The van der Waals surface area contributed by atoms with Crippen LogP contribution in [0.25, 0.3) is 0 Å². The monoisotopic (exact) mass is 224 g/mol. The van der Waals surface area contributed by atoms with Crippen LogP contribution in [-0.2, 0) is 24.6 Å². The standard InChI is InChI=1S/C12H20N2O2/c1-3-9-7-10(14(2)13-9)8-11(15)12-5-4-6-16-12/h7,11-12,15H,3-6,8H2,1-2H3. The molecule has 1 fully saturated rings. The van der Waals surface area contributed by atoms with Gasteiger partial charge in [-0.2, -0.15) is 5.10 Å². The number of hydrogen-bond acceptors (Lipinski definition) is 3. The molecule has 0 radical (unpaired) electrons. The molecule has 1 aromatic heterocycles. The lowest BCUT2D eigenvalue weighted by molar-refractivity contribution is -0.00159. The molecule has 1 saturated heterocycles. The average Bonchev–Trinajstić information content (AvgIpc) is 2.88. The van der Waals surface area contributed by atoms with Crippen LogP contribution in [0.2, 0.25) is 0 Å². The van der Waals surface area contributed by atoms with E-state index in [2.05, 4.69) is 18.1 Å². The molecular weight excluding hydrogens is 204 g/mol. The van der Waals surface area contributed by atoms with Crippen LogP contribution < -0.4 is 0 Å². The van der Waals surface area contributed by atoms with Gasteiger partial charge in [0.05, 0.1) is 17.9 Å². The van der Waals surface area contributed by atoms with Crippen molar-refractivity contribution >= 4 is 0 Å². The van der Waals surface area contributed by atoms with Crippen molar-refractivity contribution in [1.82, 2.24) is 9.78 Å². The van der Waals surface area contributed by atoms with Crippen molar-refractivity contribution in [2.75, 3.05) is 6.61 Å². The zero-order chi connectivity index (χ0) is 11.5. The number of aliphatic hydroxyl groups excluding tert-OH is 1. The maximum absolute atomic E-state index is 10.0. The Kier molecular flexibility index (Phi) is 3.61. The van der Waals surface area contributed by atoms with E-state index in [1.165, 1.54) is 0 Å². The fraction of sp³-hybridized carbons (Fsp3) is 0.750. The zero-order valence-corrected chi connectivity index (χ0v) is 10.0. The Labute approximate surface area is 96.2 Å². The van der Waals surface area contributed by atoms with E-state index in [0.717, 1.165) is 37.3 Å². The van der Waals surface area contributed by atoms with Gasteiger partial charge in [-0.3, -0.25) is 4.68 Å². The summed E-state index contributed by atoms with van der Waals surface area (Å²) in [6.45, 7) is 2.87. The summed E-state index contributed by atoms with van der Waals surface area (Å²) in [5.74, 6) is 0. The molecule has 0 aliphatic carbocycles. The lowest BCUT2D eigenvalue weighted by Gasteiger charge is -2.17. The lowest BCUT2D eigenvalue weighted by Crippen LogP contribution is -2.28. The zero-order valence-electron chi connectivity index (χ0n) is 10.0. The fourth-order valence-electron chi connectivity index (χ4n) is 2.19. The largest absolute Gasteiger partial charge is 0.390 e. The maximum Gasteiger partial charge on any atom is 0.0857 e. The Balaban J connectivity index is 1.99. The highest BCUT2D eigenvalue weighted by Gasteiger charge is 2.25. The van der Waals surface area contributed by atoms with E-state index < -0.39 is 6.10 Å². The molecule has 4 nitrogen and oxygen atoms in total. The Morgan fingerprint density at radius 1 is 1.69 bits per heavy atom. The summed E-state index contributed by atoms with van der Waals surface area (Å²) in [7, 11) is 1.93. The first kappa shape index (κ1) is 11.6. The van der Waals surface area contributed by atoms with Crippen LogP contribution in [0.3, 0.4) is 0 Å². The Morgan fingerprint density at radius 2 is 2.50 bits per heavy atom. The van der Waals surface area contributed by atoms with Crippen LogP contribution >= 0.6 is 0 Å². The number of aromatic nitrogens is 2. The normalized spacial score (nSPS) is 22.6. The van der Waals surface area contributed by atoms with Crippen LogP contribution in [0.1, 0.15) is 31.2 Å². The quantitative estimate of drug-likeness (QED) is 0.832. The van der Waals surface area contributed by atoms with Crippen LogP contribution in [0, 0.1) is 0 Å². The summed E-state index contributed by atoms with van der Waals surface area (Å²) in [5, 5.41) is 14.4. The topological polar surface area (TPSA) is 47.3 Å². The Morgan fingerprint density at radius 3 is 3.06 bits per heavy atom. The van der Waals surface area contributed by atoms with Crippen molar-refractivity contribution in [1.29, 1.82) is 0 Å². The molecule has 2 unspecified atom stereocenters. The SMILES string of the molecule is CCc1cc(CC(O)C2CCCO2)n(C)n1. The van der Waals surface area contributed by atoms with Crippen molar-refractivity contribution in [3.8, 4) is 0 Å². The first-order valence-electron chi connectivity index (χ1n) is 6.02. The maximum atomic E-state index is 10.0. The van der Waals surface area contributed by atoms with Crippen molar-refractivity contribution in [3.05, 3.63) is 17.5 Å². The molecule has 0 saturated carbocycles. The van der Waals surface area contributed by atoms with E-state index in [-0.39, 0.29) is 6.10 Å². The molecular formula is C12H20N2O2. The second-order valence-electron chi connectivity index (χ2n) is 4.43. The second-order valence-corrected chi connectivity index (χ2v) is 4.43. The third kappa shape index (κ3) is 2.44. The minimum absolute atomic E-state index is 0.0139. The van der Waals surface area contributed by atoms with Gasteiger partial charge in [0.2, 0.25) is 0 Å². The highest BCUT2D eigenvalue weighted by atomic mass is 16.5. The van der Waals surface area contributed by atoms with E-state index >= 15 is 0 Å². The minimum atomic E-state index is -0.400. The molecule has 2 heterocycles. The van der Waals surface area contributed by atoms with E-state index in [1.54, 1.807) is 0 Å². The van der Waals surface area contributed by atoms with E-state index in [0.29, 0.717) is 6.42 Å². The van der Waals surface area contributed by atoms with Gasteiger partial charge >= 0.3 is 0 Å². The molecule has 0 amide bonds. The predicted molar refractivity (Wildman–Crippen MR) is 61.3 cm³/mol. The van der Waals surface area contributed by atoms with E-state index in [1.807, 2.05) is 11.7 Å². The van der Waals surface area contributed by atoms with Gasteiger partial charge in [0.15, 0.2) is 0 Å². The van der Waals surface area contributed by atoms with Gasteiger partial charge in [0.1, 0.15) is 0 Å². The third-order valence-electron chi connectivity index (χ3n) is 3.20. The second kappa shape index (κ2) is 4.97. The van der Waals surface area contributed by atoms with E-state index in [9.17, 15) is 5.11 Å². The van der Waals surface area contributed by atoms with Gasteiger partial charge in [0.25, 0.3) is 0 Å². The first-order chi connectivity index (χ1) is 7.70. The summed E-state index contributed by atoms with van der Waals surface area (Å²) in [4.78, 5) is 0. The number of nitrogens with zero attached hydrogens (tertiary/aromatic N) is 2. The molecule has 2 rings (SSSR count). The van der Waals surface area contributed by atoms with Crippen molar-refractivity contribution in [2.45, 2.75) is 44.8 Å². The van der Waals surface area contributed by atoms with Crippen molar-refractivity contribution < 1.29 is 9.84 Å². The smallest absolute Gasteiger partial charge is 0.0857 e. The summed E-state index contributed by atoms with van der Waals surface area (Å²) < 4.78 is 7.34. The van der Waals surface area contributed by atoms with Gasteiger partial charge in [-0.05, 0) is 25.3 Å². The number of ether oxygens (including phenoxy) is 1.